The summed E-state index contributed by atoms with van der Waals surface area (Å²) < 4.78 is 0. The summed E-state index contributed by atoms with van der Waals surface area (Å²) >= 11 is 0. The number of carbonyl (C=O) groups excluding carboxylic acids is 1. The number of nitriles is 1. The minimum absolute atomic E-state index is 0.0753. The summed E-state index contributed by atoms with van der Waals surface area (Å²) in [4.78, 5) is 23.1. The molecule has 106 valence electrons. The number of nitrogens with zero attached hydrogens (tertiary/aromatic N) is 1. The number of hydrogen-bond acceptors (Lipinski definition) is 3. The van der Waals surface area contributed by atoms with E-state index in [0.29, 0.717) is 5.56 Å². The molecule has 0 aromatic heterocycles. The van der Waals surface area contributed by atoms with Crippen molar-refractivity contribution in [2.75, 3.05) is 0 Å². The second kappa shape index (κ2) is 6.33. The summed E-state index contributed by atoms with van der Waals surface area (Å²) in [5, 5.41) is 18.1. The third kappa shape index (κ3) is 4.20. The molecule has 4 nitrogen and oxygen atoms in total. The molecule has 1 aromatic carbocycles. The standard InChI is InChI=1S/C16H19NO3/c1-11-6-4-5-7-12(11)13(10-17)14(18)8-16(2,3)9-15(19)20/h4-7,13H,8-9H2,1-3H3,(H,19,20). The Balaban J connectivity index is 2.92. The van der Waals surface area contributed by atoms with Crippen LogP contribution in [0.2, 0.25) is 0 Å². The highest BCUT2D eigenvalue weighted by atomic mass is 16.4. The molecule has 0 aliphatic heterocycles. The zero-order valence-electron chi connectivity index (χ0n) is 12.0. The maximum Gasteiger partial charge on any atom is 0.303 e. The van der Waals surface area contributed by atoms with Gasteiger partial charge in [-0.15, -0.1) is 0 Å². The Morgan fingerprint density at radius 1 is 1.30 bits per heavy atom. The molecule has 0 aliphatic rings. The number of aliphatic carboxylic acids is 1. The van der Waals surface area contributed by atoms with Crippen LogP contribution in [0.1, 0.15) is 43.7 Å². The zero-order valence-corrected chi connectivity index (χ0v) is 12.0. The number of carboxylic acid groups (broad SMARTS) is 1. The van der Waals surface area contributed by atoms with E-state index in [-0.39, 0.29) is 18.6 Å². The van der Waals surface area contributed by atoms with Gasteiger partial charge in [0.1, 0.15) is 5.92 Å². The Morgan fingerprint density at radius 3 is 2.40 bits per heavy atom. The van der Waals surface area contributed by atoms with Crippen molar-refractivity contribution in [2.24, 2.45) is 5.41 Å². The molecule has 20 heavy (non-hydrogen) atoms. The van der Waals surface area contributed by atoms with Crippen LogP contribution in [0.4, 0.5) is 0 Å². The first-order valence-corrected chi connectivity index (χ1v) is 6.46. The van der Waals surface area contributed by atoms with Gasteiger partial charge in [-0.3, -0.25) is 9.59 Å². The fraction of sp³-hybridized carbons (Fsp3) is 0.438. The number of carboxylic acids is 1. The van der Waals surface area contributed by atoms with Gasteiger partial charge in [0.05, 0.1) is 12.5 Å². The molecule has 0 heterocycles. The van der Waals surface area contributed by atoms with Gasteiger partial charge in [-0.25, -0.2) is 0 Å². The summed E-state index contributed by atoms with van der Waals surface area (Å²) in [5.41, 5.74) is 0.940. The summed E-state index contributed by atoms with van der Waals surface area (Å²) in [6.45, 7) is 5.31. The molecule has 1 aromatic rings. The molecule has 1 unspecified atom stereocenters. The predicted molar refractivity (Wildman–Crippen MR) is 75.2 cm³/mol. The third-order valence-corrected chi connectivity index (χ3v) is 3.23. The molecule has 1 atom stereocenters. The molecule has 0 radical (unpaired) electrons. The lowest BCUT2D eigenvalue weighted by molar-refractivity contribution is -0.139. The molecule has 0 aliphatic carbocycles. The van der Waals surface area contributed by atoms with Crippen LogP contribution in [0.5, 0.6) is 0 Å². The molecule has 0 bridgehead atoms. The van der Waals surface area contributed by atoms with E-state index in [1.165, 1.54) is 0 Å². The van der Waals surface area contributed by atoms with E-state index < -0.39 is 17.3 Å². The Kier molecular flexibility index (Phi) is 5.04. The minimum Gasteiger partial charge on any atom is -0.481 e. The Hall–Kier alpha value is -2.15. The van der Waals surface area contributed by atoms with Crippen molar-refractivity contribution >= 4 is 11.8 Å². The maximum absolute atomic E-state index is 12.3. The van der Waals surface area contributed by atoms with E-state index in [1.807, 2.05) is 25.1 Å². The zero-order chi connectivity index (χ0) is 15.3. The molecule has 1 rings (SSSR count). The molecule has 0 spiro atoms. The van der Waals surface area contributed by atoms with Gasteiger partial charge in [-0.05, 0) is 23.5 Å². The number of aryl methyl sites for hydroxylation is 1. The van der Waals surface area contributed by atoms with Crippen molar-refractivity contribution in [3.63, 3.8) is 0 Å². The fourth-order valence-corrected chi connectivity index (χ4v) is 2.27. The van der Waals surface area contributed by atoms with Crippen LogP contribution < -0.4 is 0 Å². The van der Waals surface area contributed by atoms with Gasteiger partial charge in [0, 0.05) is 6.42 Å². The van der Waals surface area contributed by atoms with Gasteiger partial charge in [0.15, 0.2) is 5.78 Å². The van der Waals surface area contributed by atoms with Gasteiger partial charge in [0.25, 0.3) is 0 Å². The van der Waals surface area contributed by atoms with E-state index in [1.54, 1.807) is 26.0 Å². The average molecular weight is 273 g/mol. The van der Waals surface area contributed by atoms with Crippen LogP contribution >= 0.6 is 0 Å². The summed E-state index contributed by atoms with van der Waals surface area (Å²) in [6, 6.07) is 9.31. The lowest BCUT2D eigenvalue weighted by Crippen LogP contribution is -2.24. The van der Waals surface area contributed by atoms with Crippen molar-refractivity contribution < 1.29 is 14.7 Å². The minimum atomic E-state index is -0.938. The highest BCUT2D eigenvalue weighted by Crippen LogP contribution is 2.30. The van der Waals surface area contributed by atoms with Gasteiger partial charge in [-0.2, -0.15) is 5.26 Å². The molecule has 0 saturated carbocycles. The summed E-state index contributed by atoms with van der Waals surface area (Å²) in [7, 11) is 0. The van der Waals surface area contributed by atoms with Gasteiger partial charge >= 0.3 is 5.97 Å². The van der Waals surface area contributed by atoms with Crippen molar-refractivity contribution in [1.82, 2.24) is 0 Å². The van der Waals surface area contributed by atoms with Crippen molar-refractivity contribution in [3.05, 3.63) is 35.4 Å². The molecular formula is C16H19NO3. The highest BCUT2D eigenvalue weighted by molar-refractivity contribution is 5.89. The average Bonchev–Trinajstić information content (AvgIpc) is 2.29. The van der Waals surface area contributed by atoms with Crippen LogP contribution in [-0.4, -0.2) is 16.9 Å². The van der Waals surface area contributed by atoms with Gasteiger partial charge in [-0.1, -0.05) is 38.1 Å². The second-order valence-corrected chi connectivity index (χ2v) is 5.80. The first-order valence-electron chi connectivity index (χ1n) is 6.46. The van der Waals surface area contributed by atoms with Crippen molar-refractivity contribution in [2.45, 2.75) is 39.5 Å². The Bertz CT molecular complexity index is 555. The SMILES string of the molecule is Cc1ccccc1C(C#N)C(=O)CC(C)(C)CC(=O)O. The fourth-order valence-electron chi connectivity index (χ4n) is 2.27. The van der Waals surface area contributed by atoms with Crippen molar-refractivity contribution in [3.8, 4) is 6.07 Å². The quantitative estimate of drug-likeness (QED) is 0.864. The third-order valence-electron chi connectivity index (χ3n) is 3.23. The van der Waals surface area contributed by atoms with E-state index in [0.717, 1.165) is 5.56 Å². The van der Waals surface area contributed by atoms with Crippen LogP contribution in [0.25, 0.3) is 0 Å². The Labute approximate surface area is 119 Å². The van der Waals surface area contributed by atoms with Crippen LogP contribution in [0, 0.1) is 23.7 Å². The second-order valence-electron chi connectivity index (χ2n) is 5.80. The lowest BCUT2D eigenvalue weighted by atomic mass is 9.79. The van der Waals surface area contributed by atoms with E-state index in [4.69, 9.17) is 5.11 Å². The smallest absolute Gasteiger partial charge is 0.303 e. The first-order chi connectivity index (χ1) is 9.26. The van der Waals surface area contributed by atoms with E-state index >= 15 is 0 Å². The topological polar surface area (TPSA) is 78.2 Å². The lowest BCUT2D eigenvalue weighted by Gasteiger charge is -2.23. The van der Waals surface area contributed by atoms with Crippen LogP contribution in [0.15, 0.2) is 24.3 Å². The molecule has 0 fully saturated rings. The predicted octanol–water partition coefficient (Wildman–Crippen LogP) is 3.06. The largest absolute Gasteiger partial charge is 0.481 e. The number of ketones is 1. The normalized spacial score (nSPS) is 12.5. The molecule has 1 N–H and O–H groups in total. The van der Waals surface area contributed by atoms with E-state index in [9.17, 15) is 14.9 Å². The van der Waals surface area contributed by atoms with Crippen molar-refractivity contribution in [1.29, 1.82) is 5.26 Å². The summed E-state index contributed by atoms with van der Waals surface area (Å²) in [5.74, 6) is -2.00. The van der Waals surface area contributed by atoms with Gasteiger partial charge < -0.3 is 5.11 Å². The first kappa shape index (κ1) is 15.9. The summed E-state index contributed by atoms with van der Waals surface area (Å²) in [6.07, 6.45) is -0.0173. The number of carbonyl (C=O) groups is 2. The number of benzene rings is 1. The van der Waals surface area contributed by atoms with Gasteiger partial charge in [0.2, 0.25) is 0 Å². The highest BCUT2D eigenvalue weighted by Gasteiger charge is 2.30. The van der Waals surface area contributed by atoms with Crippen LogP contribution in [0.3, 0.4) is 0 Å². The molecule has 4 heteroatoms. The number of hydrogen-bond donors (Lipinski definition) is 1. The molecule has 0 saturated heterocycles. The number of rotatable bonds is 6. The molecule has 0 amide bonds. The van der Waals surface area contributed by atoms with Crippen LogP contribution in [-0.2, 0) is 9.59 Å². The number of Topliss-reactive ketones (excluding diaryl/α,β-unsaturated/α-hetero) is 1. The monoisotopic (exact) mass is 273 g/mol. The molecular weight excluding hydrogens is 254 g/mol. The van der Waals surface area contributed by atoms with E-state index in [2.05, 4.69) is 0 Å². The Morgan fingerprint density at radius 2 is 1.90 bits per heavy atom. The maximum atomic E-state index is 12.3.